The van der Waals surface area contributed by atoms with Gasteiger partial charge in [-0.2, -0.15) is 8.42 Å². The molecule has 3 atom stereocenters. The highest BCUT2D eigenvalue weighted by Crippen LogP contribution is 2.49. The van der Waals surface area contributed by atoms with Crippen molar-refractivity contribution in [2.45, 2.75) is 29.9 Å². The molecule has 10 heteroatoms. The molecule has 1 heterocycles. The van der Waals surface area contributed by atoms with Crippen molar-refractivity contribution in [1.29, 1.82) is 0 Å². The fraction of sp³-hybridized carbons (Fsp3) is 0.167. The number of phenolic OH excluding ortho intramolecular Hbond substituents is 1. The van der Waals surface area contributed by atoms with Crippen molar-refractivity contribution in [2.24, 2.45) is 5.92 Å². The second-order valence-electron chi connectivity index (χ2n) is 9.66. The SMILES string of the molecule is O=C1[C@H](CC[C@H](O)c2ccc(F)cc2)[C@@H](c2ccc(-c3cccc(S(=O)(=O)O)c3)cc2O)N1c1ccc(F)cc1. The number of aromatic hydroxyl groups is 1. The van der Waals surface area contributed by atoms with Crippen molar-refractivity contribution in [3.05, 3.63) is 114 Å². The van der Waals surface area contributed by atoms with Crippen molar-refractivity contribution in [3.8, 4) is 16.9 Å². The van der Waals surface area contributed by atoms with Crippen LogP contribution in [0.25, 0.3) is 11.1 Å². The van der Waals surface area contributed by atoms with Crippen molar-refractivity contribution >= 4 is 21.7 Å². The molecule has 0 radical (unpaired) electrons. The Bertz CT molecular complexity index is 1660. The first-order valence-electron chi connectivity index (χ1n) is 12.5. The summed E-state index contributed by atoms with van der Waals surface area (Å²) >= 11 is 0. The quantitative estimate of drug-likeness (QED) is 0.184. The van der Waals surface area contributed by atoms with Gasteiger partial charge in [-0.3, -0.25) is 9.35 Å². The number of hydrogen-bond donors (Lipinski definition) is 3. The van der Waals surface area contributed by atoms with Gasteiger partial charge in [0.1, 0.15) is 17.4 Å². The molecule has 4 aromatic carbocycles. The molecular formula is C30H25F2NO6S. The Balaban J connectivity index is 1.45. The Morgan fingerprint density at radius 1 is 0.850 bits per heavy atom. The molecule has 1 aliphatic rings. The molecule has 1 saturated heterocycles. The number of benzene rings is 4. The Kier molecular flexibility index (Phi) is 7.41. The second kappa shape index (κ2) is 10.8. The fourth-order valence-corrected chi connectivity index (χ4v) is 5.60. The van der Waals surface area contributed by atoms with Gasteiger partial charge in [0.2, 0.25) is 5.91 Å². The number of aliphatic hydroxyl groups excluding tert-OH is 1. The zero-order chi connectivity index (χ0) is 28.6. The van der Waals surface area contributed by atoms with Crippen LogP contribution in [-0.2, 0) is 14.9 Å². The first-order valence-corrected chi connectivity index (χ1v) is 13.9. The predicted octanol–water partition coefficient (Wildman–Crippen LogP) is 5.80. The summed E-state index contributed by atoms with van der Waals surface area (Å²) in [5, 5.41) is 21.7. The number of β-lactam (4-membered cyclic amide) rings is 1. The van der Waals surface area contributed by atoms with Gasteiger partial charge in [0, 0.05) is 11.3 Å². The molecule has 7 nitrogen and oxygen atoms in total. The first kappa shape index (κ1) is 27.4. The molecule has 0 aromatic heterocycles. The number of phenols is 1. The molecule has 0 saturated carbocycles. The third-order valence-electron chi connectivity index (χ3n) is 7.14. The average Bonchev–Trinajstić information content (AvgIpc) is 2.93. The maximum absolute atomic E-state index is 13.6. The van der Waals surface area contributed by atoms with Crippen LogP contribution in [-0.4, -0.2) is 29.1 Å². The van der Waals surface area contributed by atoms with Crippen LogP contribution < -0.4 is 4.90 Å². The summed E-state index contributed by atoms with van der Waals surface area (Å²) in [7, 11) is -4.42. The minimum atomic E-state index is -4.42. The van der Waals surface area contributed by atoms with Crippen LogP contribution in [0.1, 0.15) is 36.1 Å². The zero-order valence-corrected chi connectivity index (χ0v) is 21.8. The van der Waals surface area contributed by atoms with E-state index in [9.17, 15) is 36.8 Å². The van der Waals surface area contributed by atoms with E-state index in [-0.39, 0.29) is 29.4 Å². The minimum absolute atomic E-state index is 0.150. The summed E-state index contributed by atoms with van der Waals surface area (Å²) in [6, 6.07) is 20.6. The van der Waals surface area contributed by atoms with Crippen LogP contribution >= 0.6 is 0 Å². The normalized spacial score (nSPS) is 17.9. The molecule has 1 aliphatic heterocycles. The lowest BCUT2D eigenvalue weighted by Crippen LogP contribution is -2.55. The molecular weight excluding hydrogens is 540 g/mol. The average molecular weight is 566 g/mol. The maximum atomic E-state index is 13.6. The number of carbonyl (C=O) groups excluding carboxylic acids is 1. The summed E-state index contributed by atoms with van der Waals surface area (Å²) in [4.78, 5) is 14.5. The number of halogens is 2. The third kappa shape index (κ3) is 5.46. The molecule has 1 amide bonds. The number of nitrogens with zero attached hydrogens (tertiary/aromatic N) is 1. The highest BCUT2D eigenvalue weighted by atomic mass is 32.2. The van der Waals surface area contributed by atoms with Gasteiger partial charge in [-0.1, -0.05) is 36.4 Å². The lowest BCUT2D eigenvalue weighted by atomic mass is 9.77. The van der Waals surface area contributed by atoms with Gasteiger partial charge < -0.3 is 15.1 Å². The van der Waals surface area contributed by atoms with Gasteiger partial charge in [-0.05, 0) is 84.1 Å². The molecule has 4 aromatic rings. The number of amides is 1. The van der Waals surface area contributed by atoms with Gasteiger partial charge >= 0.3 is 0 Å². The Hall–Kier alpha value is -4.12. The molecule has 1 fully saturated rings. The van der Waals surface area contributed by atoms with Gasteiger partial charge in [-0.25, -0.2) is 8.78 Å². The van der Waals surface area contributed by atoms with E-state index in [1.54, 1.807) is 18.2 Å². The Morgan fingerprint density at radius 3 is 2.10 bits per heavy atom. The van der Waals surface area contributed by atoms with Gasteiger partial charge in [0.15, 0.2) is 0 Å². The summed E-state index contributed by atoms with van der Waals surface area (Å²) in [5.74, 6) is -1.91. The van der Waals surface area contributed by atoms with Gasteiger partial charge in [0.05, 0.1) is 23.0 Å². The molecule has 0 spiro atoms. The van der Waals surface area contributed by atoms with E-state index < -0.39 is 39.8 Å². The van der Waals surface area contributed by atoms with E-state index >= 15 is 0 Å². The number of anilines is 1. The Labute approximate surface area is 229 Å². The summed E-state index contributed by atoms with van der Waals surface area (Å²) in [6.07, 6.45) is -0.464. The van der Waals surface area contributed by atoms with Crippen molar-refractivity contribution in [3.63, 3.8) is 0 Å². The van der Waals surface area contributed by atoms with E-state index in [0.29, 0.717) is 27.9 Å². The maximum Gasteiger partial charge on any atom is 0.294 e. The predicted molar refractivity (Wildman–Crippen MR) is 144 cm³/mol. The lowest BCUT2D eigenvalue weighted by molar-refractivity contribution is -0.131. The highest BCUT2D eigenvalue weighted by molar-refractivity contribution is 7.85. The van der Waals surface area contributed by atoms with Crippen LogP contribution in [0.3, 0.4) is 0 Å². The van der Waals surface area contributed by atoms with Crippen LogP contribution in [0.2, 0.25) is 0 Å². The zero-order valence-electron chi connectivity index (χ0n) is 21.0. The smallest absolute Gasteiger partial charge is 0.294 e. The van der Waals surface area contributed by atoms with Gasteiger partial charge in [-0.15, -0.1) is 0 Å². The van der Waals surface area contributed by atoms with Crippen molar-refractivity contribution in [1.82, 2.24) is 0 Å². The Morgan fingerprint density at radius 2 is 1.48 bits per heavy atom. The van der Waals surface area contributed by atoms with E-state index in [1.807, 2.05) is 0 Å². The van der Waals surface area contributed by atoms with Crippen molar-refractivity contribution < 1.29 is 36.8 Å². The second-order valence-corrected chi connectivity index (χ2v) is 11.1. The van der Waals surface area contributed by atoms with E-state index in [2.05, 4.69) is 0 Å². The van der Waals surface area contributed by atoms with Crippen LogP contribution in [0.4, 0.5) is 14.5 Å². The lowest BCUT2D eigenvalue weighted by Gasteiger charge is -2.48. The molecule has 5 rings (SSSR count). The third-order valence-corrected chi connectivity index (χ3v) is 7.99. The molecule has 0 unspecified atom stereocenters. The fourth-order valence-electron chi connectivity index (χ4n) is 5.07. The molecule has 3 N–H and O–H groups in total. The van der Waals surface area contributed by atoms with E-state index in [1.165, 1.54) is 77.7 Å². The molecule has 206 valence electrons. The highest BCUT2D eigenvalue weighted by Gasteiger charge is 2.49. The van der Waals surface area contributed by atoms with Crippen LogP contribution in [0.15, 0.2) is 95.9 Å². The number of carbonyl (C=O) groups is 1. The standard InChI is InChI=1S/C30H25F2NO6S/c31-21-7-4-18(5-8-21)27(34)15-14-26-29(33(30(26)36)23-11-9-22(32)10-12-23)25-13-6-20(17-28(25)35)19-2-1-3-24(16-19)40(37,38)39/h1-13,16-17,26-27,29,34-35H,14-15H2,(H,37,38,39)/t26-,27+,29-/m1/s1. The van der Waals surface area contributed by atoms with Gasteiger partial charge in [0.25, 0.3) is 10.1 Å². The molecule has 40 heavy (non-hydrogen) atoms. The summed E-state index contributed by atoms with van der Waals surface area (Å²) in [6.45, 7) is 0. The number of hydrogen-bond acceptors (Lipinski definition) is 5. The minimum Gasteiger partial charge on any atom is -0.508 e. The van der Waals surface area contributed by atoms with E-state index in [0.717, 1.165) is 0 Å². The topological polar surface area (TPSA) is 115 Å². The van der Waals surface area contributed by atoms with Crippen molar-refractivity contribution in [2.75, 3.05) is 4.90 Å². The summed E-state index contributed by atoms with van der Waals surface area (Å²) in [5.41, 5.74) is 2.29. The van der Waals surface area contributed by atoms with E-state index in [4.69, 9.17) is 0 Å². The molecule has 0 aliphatic carbocycles. The first-order chi connectivity index (χ1) is 19.0. The largest absolute Gasteiger partial charge is 0.508 e. The summed E-state index contributed by atoms with van der Waals surface area (Å²) < 4.78 is 59.4. The number of aliphatic hydroxyl groups is 1. The monoisotopic (exact) mass is 565 g/mol. The molecule has 0 bridgehead atoms. The number of rotatable bonds is 8. The van der Waals surface area contributed by atoms with Crippen LogP contribution in [0.5, 0.6) is 5.75 Å². The van der Waals surface area contributed by atoms with Crippen LogP contribution in [0, 0.1) is 17.6 Å².